The van der Waals surface area contributed by atoms with Crippen LogP contribution >= 0.6 is 25.0 Å². The Morgan fingerprint density at radius 3 is 2.39 bits per heavy atom. The third kappa shape index (κ3) is 9.29. The number of rotatable bonds is 10. The number of benzene rings is 2. The molecule has 1 aliphatic carbocycles. The molecule has 1 aromatic heterocycles. The number of likely N-dealkylation sites (tertiary alicyclic amines) is 1. The van der Waals surface area contributed by atoms with E-state index in [9.17, 15) is 37.6 Å². The predicted octanol–water partition coefficient (Wildman–Crippen LogP) is 6.89. The normalized spacial score (nSPS) is 27.4. The first-order chi connectivity index (χ1) is 28.4. The predicted molar refractivity (Wildman–Crippen MR) is 229 cm³/mol. The van der Waals surface area contributed by atoms with E-state index in [1.54, 1.807) is 31.6 Å². The number of nitriles is 1. The summed E-state index contributed by atoms with van der Waals surface area (Å²) >= 11 is 4.78. The van der Waals surface area contributed by atoms with Crippen LogP contribution in [-0.2, 0) is 37.1 Å². The summed E-state index contributed by atoms with van der Waals surface area (Å²) < 4.78 is 49.4. The Hall–Kier alpha value is -4.21. The minimum absolute atomic E-state index is 0. The number of ether oxygens (including phenoxy) is 1. The third-order valence-corrected chi connectivity index (χ3v) is 13.5. The SMILES string of the molecule is CC1CC(CCOC2CCC(N3C(S)N(c4ccc(C#N)c(C(F)(F)F)c4)C(=O)C3(C)C)CC2)CC(C)N1CC(=O)Nc1cccc2c(C3CCC(=O)NC3=O)nn(C)c12.Cl. The van der Waals surface area contributed by atoms with Crippen molar-refractivity contribution in [2.45, 2.75) is 133 Å². The van der Waals surface area contributed by atoms with Crippen molar-refractivity contribution in [2.75, 3.05) is 23.4 Å². The van der Waals surface area contributed by atoms with Gasteiger partial charge in [0.15, 0.2) is 0 Å². The van der Waals surface area contributed by atoms with Gasteiger partial charge in [0.05, 0.1) is 58.2 Å². The summed E-state index contributed by atoms with van der Waals surface area (Å²) in [5.74, 6) is -1.22. The van der Waals surface area contributed by atoms with E-state index in [1.165, 1.54) is 11.0 Å². The fraction of sp³-hybridized carbons (Fsp3) is 0.581. The molecule has 0 spiro atoms. The van der Waals surface area contributed by atoms with Crippen LogP contribution in [0.25, 0.3) is 10.9 Å². The zero-order valence-electron chi connectivity index (χ0n) is 35.0. The van der Waals surface area contributed by atoms with Gasteiger partial charge in [-0.25, -0.2) is 0 Å². The number of nitrogens with one attached hydrogen (secondary N) is 2. The average Bonchev–Trinajstić information content (AvgIpc) is 3.61. The smallest absolute Gasteiger partial charge is 0.378 e. The van der Waals surface area contributed by atoms with Gasteiger partial charge in [0.25, 0.3) is 0 Å². The molecular weight excluding hydrogens is 833 g/mol. The first kappa shape index (κ1) is 46.3. The number of fused-ring (bicyclic) bond motifs is 1. The van der Waals surface area contributed by atoms with Gasteiger partial charge in [-0.15, -0.1) is 25.0 Å². The van der Waals surface area contributed by atoms with Gasteiger partial charge in [-0.2, -0.15) is 23.5 Å². The molecule has 7 rings (SSSR count). The van der Waals surface area contributed by atoms with Crippen LogP contribution in [0.2, 0.25) is 0 Å². The number of nitrogens with zero attached hydrogens (tertiary/aromatic N) is 6. The highest BCUT2D eigenvalue weighted by molar-refractivity contribution is 7.81. The minimum atomic E-state index is -4.75. The van der Waals surface area contributed by atoms with Gasteiger partial charge in [-0.1, -0.05) is 12.1 Å². The van der Waals surface area contributed by atoms with E-state index in [0.29, 0.717) is 30.3 Å². The van der Waals surface area contributed by atoms with Crippen molar-refractivity contribution < 1.29 is 37.1 Å². The number of carbonyl (C=O) groups is 4. The second-order valence-corrected chi connectivity index (χ2v) is 17.8. The first-order valence-electron chi connectivity index (χ1n) is 20.8. The molecule has 18 heteroatoms. The number of para-hydroxylation sites is 1. The number of hydrogen-bond donors (Lipinski definition) is 3. The Balaban J connectivity index is 0.00000622. The lowest BCUT2D eigenvalue weighted by Crippen LogP contribution is -2.52. The first-order valence-corrected chi connectivity index (χ1v) is 21.3. The molecule has 13 nitrogen and oxygen atoms in total. The van der Waals surface area contributed by atoms with Gasteiger partial charge in [-0.05, 0) is 109 Å². The van der Waals surface area contributed by atoms with Crippen LogP contribution in [0.5, 0.6) is 0 Å². The van der Waals surface area contributed by atoms with Crippen molar-refractivity contribution in [1.82, 2.24) is 24.9 Å². The summed E-state index contributed by atoms with van der Waals surface area (Å²) in [5.41, 5.74) is -1.38. The molecule has 4 atom stereocenters. The highest BCUT2D eigenvalue weighted by Gasteiger charge is 2.54. The van der Waals surface area contributed by atoms with E-state index in [2.05, 4.69) is 34.5 Å². The van der Waals surface area contributed by atoms with Crippen molar-refractivity contribution in [3.05, 3.63) is 53.2 Å². The summed E-state index contributed by atoms with van der Waals surface area (Å²) in [6.45, 7) is 8.72. The van der Waals surface area contributed by atoms with Crippen LogP contribution in [0.3, 0.4) is 0 Å². The number of carbonyl (C=O) groups excluding carboxylic acids is 4. The highest BCUT2D eigenvalue weighted by atomic mass is 35.5. The van der Waals surface area contributed by atoms with E-state index >= 15 is 0 Å². The summed E-state index contributed by atoms with van der Waals surface area (Å²) in [7, 11) is 1.78. The van der Waals surface area contributed by atoms with Crippen molar-refractivity contribution >= 4 is 70.9 Å². The molecule has 2 aromatic carbocycles. The average molecular weight is 887 g/mol. The molecule has 1 saturated carbocycles. The number of aromatic nitrogens is 2. The molecule has 4 fully saturated rings. The molecular formula is C43H54ClF3N8O5S. The number of halogens is 4. The quantitative estimate of drug-likeness (QED) is 0.146. The molecule has 4 amide bonds. The maximum absolute atomic E-state index is 13.8. The number of aryl methyl sites for hydroxylation is 1. The minimum Gasteiger partial charge on any atom is -0.378 e. The van der Waals surface area contributed by atoms with Crippen LogP contribution in [0.1, 0.15) is 108 Å². The molecule has 0 bridgehead atoms. The third-order valence-electron chi connectivity index (χ3n) is 13.0. The second-order valence-electron chi connectivity index (χ2n) is 17.4. The van der Waals surface area contributed by atoms with Gasteiger partial charge in [0, 0.05) is 49.3 Å². The van der Waals surface area contributed by atoms with E-state index in [0.717, 1.165) is 68.0 Å². The Morgan fingerprint density at radius 2 is 1.75 bits per heavy atom. The van der Waals surface area contributed by atoms with E-state index in [-0.39, 0.29) is 78.9 Å². The molecule has 4 unspecified atom stereocenters. The fourth-order valence-electron chi connectivity index (χ4n) is 10.1. The van der Waals surface area contributed by atoms with Crippen LogP contribution in [-0.4, -0.2) is 91.6 Å². The summed E-state index contributed by atoms with van der Waals surface area (Å²) in [5, 5.41) is 20.1. The van der Waals surface area contributed by atoms with Gasteiger partial charge in [0.2, 0.25) is 23.6 Å². The van der Waals surface area contributed by atoms with Gasteiger partial charge < -0.3 is 10.1 Å². The van der Waals surface area contributed by atoms with Crippen molar-refractivity contribution in [1.29, 1.82) is 5.26 Å². The molecule has 3 aromatic rings. The molecule has 2 N–H and O–H groups in total. The number of piperidine rings is 2. The summed E-state index contributed by atoms with van der Waals surface area (Å²) in [6, 6.07) is 10.8. The summed E-state index contributed by atoms with van der Waals surface area (Å²) in [6.07, 6.45) is 1.78. The monoisotopic (exact) mass is 886 g/mol. The van der Waals surface area contributed by atoms with Crippen molar-refractivity contribution in [2.24, 2.45) is 13.0 Å². The van der Waals surface area contributed by atoms with E-state index in [1.807, 2.05) is 23.1 Å². The Kier molecular flexibility index (Phi) is 13.9. The van der Waals surface area contributed by atoms with Crippen LogP contribution in [0, 0.1) is 17.2 Å². The topological polar surface area (TPSA) is 153 Å². The molecule has 0 radical (unpaired) electrons. The van der Waals surface area contributed by atoms with Crippen LogP contribution in [0.15, 0.2) is 36.4 Å². The van der Waals surface area contributed by atoms with Crippen molar-refractivity contribution in [3.63, 3.8) is 0 Å². The van der Waals surface area contributed by atoms with Gasteiger partial charge in [-0.3, -0.25) is 43.9 Å². The van der Waals surface area contributed by atoms with Gasteiger partial charge >= 0.3 is 6.18 Å². The number of amides is 4. The Labute approximate surface area is 365 Å². The molecule has 4 aliphatic rings. The van der Waals surface area contributed by atoms with E-state index < -0.39 is 34.3 Å². The van der Waals surface area contributed by atoms with Crippen LogP contribution in [0.4, 0.5) is 24.5 Å². The summed E-state index contributed by atoms with van der Waals surface area (Å²) in [4.78, 5) is 57.1. The number of anilines is 2. The van der Waals surface area contributed by atoms with Crippen molar-refractivity contribution in [3.8, 4) is 6.07 Å². The highest BCUT2D eigenvalue weighted by Crippen LogP contribution is 2.44. The number of alkyl halides is 3. The maximum atomic E-state index is 13.8. The number of thiol groups is 1. The second kappa shape index (κ2) is 18.3. The van der Waals surface area contributed by atoms with E-state index in [4.69, 9.17) is 17.4 Å². The number of hydrogen-bond acceptors (Lipinski definition) is 10. The van der Waals surface area contributed by atoms with Gasteiger partial charge in [0.1, 0.15) is 5.50 Å². The molecule has 330 valence electrons. The Bertz CT molecular complexity index is 2190. The largest absolute Gasteiger partial charge is 0.417 e. The lowest BCUT2D eigenvalue weighted by atomic mass is 9.85. The lowest BCUT2D eigenvalue weighted by molar-refractivity contribution is -0.138. The zero-order chi connectivity index (χ0) is 43.3. The fourth-order valence-corrected chi connectivity index (χ4v) is 10.8. The molecule has 3 saturated heterocycles. The maximum Gasteiger partial charge on any atom is 0.417 e. The molecule has 4 heterocycles. The van der Waals surface area contributed by atoms with Crippen LogP contribution < -0.4 is 15.5 Å². The lowest BCUT2D eigenvalue weighted by Gasteiger charge is -2.43. The molecule has 61 heavy (non-hydrogen) atoms. The Morgan fingerprint density at radius 1 is 1.07 bits per heavy atom. The standard InChI is InChI=1S/C43H53F3N8O5S.ClH/c1-24-19-26(20-25(2)52(24)23-36(56)48-34-8-6-7-31-37(50-51(5)38(31)34)32-15-16-35(55)49-39(32)57)17-18-59-30-13-11-28(12-14-30)54-41(60)53(40(58)42(54,3)4)29-10-9-27(22-47)33(21-29)43(44,45)46;/h6-10,21,24-26,28,30,32,41,60H,11-20,23H2,1-5H3,(H,48,56)(H,49,55,57);1H. The number of imide groups is 1. The molecule has 3 aliphatic heterocycles. The zero-order valence-corrected chi connectivity index (χ0v) is 36.7.